The summed E-state index contributed by atoms with van der Waals surface area (Å²) in [5.41, 5.74) is 2.85. The summed E-state index contributed by atoms with van der Waals surface area (Å²) in [6.07, 6.45) is 2.24. The lowest BCUT2D eigenvalue weighted by Gasteiger charge is -2.22. The lowest BCUT2D eigenvalue weighted by atomic mass is 10.2. The third kappa shape index (κ3) is 4.60. The molecule has 2 aromatic carbocycles. The molecule has 0 aliphatic heterocycles. The normalized spacial score (nSPS) is 10.8. The van der Waals surface area contributed by atoms with Gasteiger partial charge in [0.15, 0.2) is 0 Å². The Kier molecular flexibility index (Phi) is 5.52. The number of aryl methyl sites for hydroxylation is 2. The van der Waals surface area contributed by atoms with Crippen molar-refractivity contribution in [1.82, 2.24) is 10.1 Å². The number of benzene rings is 2. The molecule has 6 heteroatoms. The number of nitrogens with zero attached hydrogens (tertiary/aromatic N) is 3. The molecule has 0 aliphatic carbocycles. The van der Waals surface area contributed by atoms with Gasteiger partial charge in [0.05, 0.1) is 12.8 Å². The Balaban J connectivity index is 1.46. The highest BCUT2D eigenvalue weighted by Crippen LogP contribution is 2.21. The van der Waals surface area contributed by atoms with E-state index in [4.69, 9.17) is 8.94 Å². The van der Waals surface area contributed by atoms with Gasteiger partial charge in [0, 0.05) is 24.1 Å². The number of carbonyl (C=O) groups excluding carboxylic acids is 1. The molecule has 0 N–H and O–H groups in total. The molecule has 2 aromatic heterocycles. The van der Waals surface area contributed by atoms with Crippen LogP contribution in [0.3, 0.4) is 0 Å². The quantitative estimate of drug-likeness (QED) is 0.455. The van der Waals surface area contributed by atoms with Crippen molar-refractivity contribution in [3.05, 3.63) is 90.2 Å². The molecule has 4 aromatic rings. The van der Waals surface area contributed by atoms with Crippen molar-refractivity contribution in [2.45, 2.75) is 26.3 Å². The van der Waals surface area contributed by atoms with Crippen LogP contribution in [0, 0.1) is 6.92 Å². The van der Waals surface area contributed by atoms with Gasteiger partial charge in [0.1, 0.15) is 5.76 Å². The molecular formula is C23H21N3O3. The summed E-state index contributed by atoms with van der Waals surface area (Å²) in [5.74, 6) is 1.66. The topological polar surface area (TPSA) is 72.4 Å². The summed E-state index contributed by atoms with van der Waals surface area (Å²) in [6.45, 7) is 2.39. The highest BCUT2D eigenvalue weighted by atomic mass is 16.5. The number of hydrogen-bond donors (Lipinski definition) is 0. The predicted octanol–water partition coefficient (Wildman–Crippen LogP) is 4.80. The molecule has 6 nitrogen and oxygen atoms in total. The summed E-state index contributed by atoms with van der Waals surface area (Å²) in [4.78, 5) is 19.1. The van der Waals surface area contributed by atoms with E-state index >= 15 is 0 Å². The first-order valence-corrected chi connectivity index (χ1v) is 9.46. The van der Waals surface area contributed by atoms with Gasteiger partial charge in [0.2, 0.25) is 17.6 Å². The van der Waals surface area contributed by atoms with E-state index in [9.17, 15) is 4.79 Å². The Morgan fingerprint density at radius 1 is 1.00 bits per heavy atom. The maximum absolute atomic E-state index is 13.0. The van der Waals surface area contributed by atoms with Crippen LogP contribution < -0.4 is 4.90 Å². The number of hydrogen-bond acceptors (Lipinski definition) is 5. The third-order valence-corrected chi connectivity index (χ3v) is 4.59. The molecule has 0 aliphatic rings. The Labute approximate surface area is 168 Å². The van der Waals surface area contributed by atoms with E-state index in [2.05, 4.69) is 10.1 Å². The molecule has 0 radical (unpaired) electrons. The van der Waals surface area contributed by atoms with Gasteiger partial charge < -0.3 is 13.8 Å². The SMILES string of the molecule is Cc1ccc(N(Cc2ccco2)C(=O)CCc2nc(-c3ccccc3)no2)cc1. The number of rotatable bonds is 7. The zero-order chi connectivity index (χ0) is 20.1. The Hall–Kier alpha value is -3.67. The smallest absolute Gasteiger partial charge is 0.227 e. The molecule has 146 valence electrons. The number of furan rings is 1. The molecule has 0 unspecified atom stereocenters. The molecule has 0 bridgehead atoms. The Morgan fingerprint density at radius 3 is 2.52 bits per heavy atom. The van der Waals surface area contributed by atoms with E-state index in [1.165, 1.54) is 0 Å². The fourth-order valence-electron chi connectivity index (χ4n) is 3.02. The van der Waals surface area contributed by atoms with Crippen molar-refractivity contribution in [2.75, 3.05) is 4.90 Å². The second-order valence-corrected chi connectivity index (χ2v) is 6.77. The van der Waals surface area contributed by atoms with Gasteiger partial charge in [-0.2, -0.15) is 4.98 Å². The van der Waals surface area contributed by atoms with Gasteiger partial charge in [0.25, 0.3) is 0 Å². The standard InChI is InChI=1S/C23H21N3O3/c1-17-9-11-19(12-10-17)26(16-20-8-5-15-28-20)22(27)14-13-21-24-23(25-29-21)18-6-3-2-4-7-18/h2-12,15H,13-14,16H2,1H3. The predicted molar refractivity (Wildman–Crippen MR) is 109 cm³/mol. The molecule has 1 amide bonds. The Bertz CT molecular complexity index is 1050. The van der Waals surface area contributed by atoms with Crippen LogP contribution >= 0.6 is 0 Å². The fourth-order valence-corrected chi connectivity index (χ4v) is 3.02. The van der Waals surface area contributed by atoms with Crippen molar-refractivity contribution >= 4 is 11.6 Å². The monoisotopic (exact) mass is 387 g/mol. The van der Waals surface area contributed by atoms with Crippen LogP contribution in [0.15, 0.2) is 81.9 Å². The van der Waals surface area contributed by atoms with Crippen LogP contribution in [-0.4, -0.2) is 16.0 Å². The van der Waals surface area contributed by atoms with Crippen LogP contribution in [0.4, 0.5) is 5.69 Å². The van der Waals surface area contributed by atoms with Gasteiger partial charge in [-0.05, 0) is 31.2 Å². The number of amides is 1. The number of anilines is 1. The van der Waals surface area contributed by atoms with Crippen molar-refractivity contribution < 1.29 is 13.7 Å². The van der Waals surface area contributed by atoms with Gasteiger partial charge in [-0.25, -0.2) is 0 Å². The zero-order valence-corrected chi connectivity index (χ0v) is 16.1. The van der Waals surface area contributed by atoms with Gasteiger partial charge in [-0.15, -0.1) is 0 Å². The second-order valence-electron chi connectivity index (χ2n) is 6.77. The van der Waals surface area contributed by atoms with E-state index in [1.54, 1.807) is 11.2 Å². The fraction of sp³-hybridized carbons (Fsp3) is 0.174. The molecule has 4 rings (SSSR count). The largest absolute Gasteiger partial charge is 0.467 e. The third-order valence-electron chi connectivity index (χ3n) is 4.59. The zero-order valence-electron chi connectivity index (χ0n) is 16.1. The Morgan fingerprint density at radius 2 is 1.79 bits per heavy atom. The van der Waals surface area contributed by atoms with Crippen LogP contribution in [0.1, 0.15) is 23.6 Å². The average Bonchev–Trinajstić information content (AvgIpc) is 3.44. The van der Waals surface area contributed by atoms with E-state index in [-0.39, 0.29) is 12.3 Å². The molecule has 0 saturated heterocycles. The van der Waals surface area contributed by atoms with E-state index in [0.29, 0.717) is 24.7 Å². The first-order valence-electron chi connectivity index (χ1n) is 9.46. The van der Waals surface area contributed by atoms with E-state index in [0.717, 1.165) is 22.6 Å². The maximum Gasteiger partial charge on any atom is 0.227 e. The summed E-state index contributed by atoms with van der Waals surface area (Å²) < 4.78 is 10.8. The first kappa shape index (κ1) is 18.7. The van der Waals surface area contributed by atoms with E-state index in [1.807, 2.05) is 73.7 Å². The molecule has 0 spiro atoms. The summed E-state index contributed by atoms with van der Waals surface area (Å²) in [5, 5.41) is 4.01. The van der Waals surface area contributed by atoms with Gasteiger partial charge in [-0.3, -0.25) is 4.79 Å². The number of aromatic nitrogens is 2. The highest BCUT2D eigenvalue weighted by molar-refractivity contribution is 5.93. The molecule has 0 fully saturated rings. The molecule has 0 atom stereocenters. The van der Waals surface area contributed by atoms with E-state index < -0.39 is 0 Å². The minimum absolute atomic E-state index is 0.0373. The molecular weight excluding hydrogens is 366 g/mol. The van der Waals surface area contributed by atoms with Crippen molar-refractivity contribution in [2.24, 2.45) is 0 Å². The number of carbonyl (C=O) groups is 1. The van der Waals surface area contributed by atoms with Crippen LogP contribution in [-0.2, 0) is 17.8 Å². The molecule has 0 saturated carbocycles. The summed E-state index contributed by atoms with van der Waals surface area (Å²) in [6, 6.07) is 21.1. The maximum atomic E-state index is 13.0. The van der Waals surface area contributed by atoms with Crippen molar-refractivity contribution in [3.8, 4) is 11.4 Å². The summed E-state index contributed by atoms with van der Waals surface area (Å²) in [7, 11) is 0. The second kappa shape index (κ2) is 8.56. The van der Waals surface area contributed by atoms with Crippen molar-refractivity contribution in [1.29, 1.82) is 0 Å². The molecule has 29 heavy (non-hydrogen) atoms. The summed E-state index contributed by atoms with van der Waals surface area (Å²) >= 11 is 0. The van der Waals surface area contributed by atoms with Crippen molar-refractivity contribution in [3.63, 3.8) is 0 Å². The lowest BCUT2D eigenvalue weighted by molar-refractivity contribution is -0.118. The molecule has 2 heterocycles. The minimum Gasteiger partial charge on any atom is -0.467 e. The average molecular weight is 387 g/mol. The lowest BCUT2D eigenvalue weighted by Crippen LogP contribution is -2.30. The van der Waals surface area contributed by atoms with Crippen LogP contribution in [0.25, 0.3) is 11.4 Å². The van der Waals surface area contributed by atoms with Gasteiger partial charge in [-0.1, -0.05) is 53.2 Å². The minimum atomic E-state index is -0.0373. The highest BCUT2D eigenvalue weighted by Gasteiger charge is 2.19. The van der Waals surface area contributed by atoms with Crippen LogP contribution in [0.2, 0.25) is 0 Å². The first-order chi connectivity index (χ1) is 14.2. The van der Waals surface area contributed by atoms with Crippen LogP contribution in [0.5, 0.6) is 0 Å². The van der Waals surface area contributed by atoms with Gasteiger partial charge >= 0.3 is 0 Å².